The number of nitrogen functional groups attached to an aromatic ring is 1. The summed E-state index contributed by atoms with van der Waals surface area (Å²) < 4.78 is 28.5. The van der Waals surface area contributed by atoms with Crippen molar-refractivity contribution >= 4 is 15.7 Å². The second-order valence-corrected chi connectivity index (χ2v) is 6.81. The Hall–Kier alpha value is -1.27. The monoisotopic (exact) mass is 284 g/mol. The third-order valence-electron chi connectivity index (χ3n) is 3.57. The van der Waals surface area contributed by atoms with Crippen molar-refractivity contribution in [2.24, 2.45) is 11.1 Å². The molecule has 0 amide bonds. The van der Waals surface area contributed by atoms with Crippen molar-refractivity contribution in [3.63, 3.8) is 0 Å². The number of hydrogen-bond acceptors (Lipinski definition) is 4. The van der Waals surface area contributed by atoms with Crippen molar-refractivity contribution in [3.8, 4) is 5.75 Å². The molecule has 1 aromatic rings. The first-order valence-electron chi connectivity index (χ1n) is 6.45. The molecule has 0 aliphatic heterocycles. The molecule has 1 aromatic carbocycles. The van der Waals surface area contributed by atoms with Crippen LogP contribution in [0, 0.1) is 5.92 Å². The Balaban J connectivity index is 2.16. The fourth-order valence-electron chi connectivity index (χ4n) is 2.32. The summed E-state index contributed by atoms with van der Waals surface area (Å²) in [6, 6.07) is 4.31. The summed E-state index contributed by atoms with van der Waals surface area (Å²) in [7, 11) is -3.73. The first-order chi connectivity index (χ1) is 8.86. The Kier molecular flexibility index (Phi) is 4.01. The number of benzene rings is 1. The molecule has 0 unspecified atom stereocenters. The van der Waals surface area contributed by atoms with Crippen LogP contribution in [0.25, 0.3) is 0 Å². The van der Waals surface area contributed by atoms with Gasteiger partial charge in [-0.05, 0) is 43.7 Å². The summed E-state index contributed by atoms with van der Waals surface area (Å²) >= 11 is 0. The molecule has 5 nitrogen and oxygen atoms in total. The maximum absolute atomic E-state index is 11.3. The zero-order valence-corrected chi connectivity index (χ0v) is 11.8. The fraction of sp³-hybridized carbons (Fsp3) is 0.538. The third-order valence-corrected chi connectivity index (χ3v) is 4.48. The lowest BCUT2D eigenvalue weighted by atomic mass is 9.89. The topological polar surface area (TPSA) is 95.4 Å². The molecule has 0 saturated heterocycles. The van der Waals surface area contributed by atoms with Gasteiger partial charge in [-0.3, -0.25) is 0 Å². The largest absolute Gasteiger partial charge is 0.488 e. The molecule has 1 saturated carbocycles. The minimum Gasteiger partial charge on any atom is -0.488 e. The van der Waals surface area contributed by atoms with E-state index in [4.69, 9.17) is 15.6 Å². The van der Waals surface area contributed by atoms with Crippen LogP contribution in [0.5, 0.6) is 5.75 Å². The quantitative estimate of drug-likeness (QED) is 0.828. The first-order valence-corrected chi connectivity index (χ1v) is 8.00. The molecule has 1 aliphatic carbocycles. The predicted molar refractivity (Wildman–Crippen MR) is 74.3 cm³/mol. The summed E-state index contributed by atoms with van der Waals surface area (Å²) in [6.07, 6.45) is 4.30. The molecular weight excluding hydrogens is 264 g/mol. The van der Waals surface area contributed by atoms with E-state index < -0.39 is 10.0 Å². The molecule has 0 radical (unpaired) electrons. The molecule has 1 fully saturated rings. The van der Waals surface area contributed by atoms with E-state index in [1.165, 1.54) is 18.2 Å². The molecule has 19 heavy (non-hydrogen) atoms. The highest BCUT2D eigenvalue weighted by atomic mass is 32.2. The number of nitrogens with two attached hydrogens (primary N) is 2. The van der Waals surface area contributed by atoms with Crippen molar-refractivity contribution in [1.82, 2.24) is 0 Å². The van der Waals surface area contributed by atoms with Crippen molar-refractivity contribution in [3.05, 3.63) is 18.2 Å². The maximum Gasteiger partial charge on any atom is 0.238 e. The lowest BCUT2D eigenvalue weighted by Gasteiger charge is -2.27. The highest BCUT2D eigenvalue weighted by molar-refractivity contribution is 7.89. The Morgan fingerprint density at radius 3 is 2.42 bits per heavy atom. The lowest BCUT2D eigenvalue weighted by molar-refractivity contribution is 0.136. The standard InChI is InChI=1S/C13H20N2O3S/c1-9-2-4-10(5-3-9)18-13-8-11(19(15,16)17)6-7-12(13)14/h6-10H,2-5,14H2,1H3,(H2,15,16,17). The molecular formula is C13H20N2O3S. The van der Waals surface area contributed by atoms with Crippen LogP contribution >= 0.6 is 0 Å². The molecule has 0 atom stereocenters. The van der Waals surface area contributed by atoms with Gasteiger partial charge < -0.3 is 10.5 Å². The molecule has 4 N–H and O–H groups in total. The third kappa shape index (κ3) is 3.61. The Labute approximate surface area is 114 Å². The molecule has 6 heteroatoms. The van der Waals surface area contributed by atoms with Gasteiger partial charge in [0.2, 0.25) is 10.0 Å². The highest BCUT2D eigenvalue weighted by Gasteiger charge is 2.21. The van der Waals surface area contributed by atoms with E-state index in [0.717, 1.165) is 31.6 Å². The molecule has 0 heterocycles. The van der Waals surface area contributed by atoms with Gasteiger partial charge >= 0.3 is 0 Å². The number of rotatable bonds is 3. The minimum atomic E-state index is -3.73. The second kappa shape index (κ2) is 5.38. The van der Waals surface area contributed by atoms with Gasteiger partial charge in [0.05, 0.1) is 16.7 Å². The van der Waals surface area contributed by atoms with Crippen LogP contribution in [0.1, 0.15) is 32.6 Å². The van der Waals surface area contributed by atoms with Crippen LogP contribution in [0.15, 0.2) is 23.1 Å². The zero-order valence-electron chi connectivity index (χ0n) is 11.0. The molecule has 106 valence electrons. The zero-order chi connectivity index (χ0) is 14.0. The minimum absolute atomic E-state index is 0.0286. The summed E-state index contributed by atoms with van der Waals surface area (Å²) in [5.74, 6) is 1.14. The highest BCUT2D eigenvalue weighted by Crippen LogP contribution is 2.31. The molecule has 1 aliphatic rings. The van der Waals surface area contributed by atoms with Crippen LogP contribution in [-0.2, 0) is 10.0 Å². The maximum atomic E-state index is 11.3. The van der Waals surface area contributed by atoms with Crippen LogP contribution < -0.4 is 15.6 Å². The smallest absolute Gasteiger partial charge is 0.238 e. The van der Waals surface area contributed by atoms with Gasteiger partial charge in [-0.1, -0.05) is 6.92 Å². The van der Waals surface area contributed by atoms with Gasteiger partial charge in [0.15, 0.2) is 0 Å². The van der Waals surface area contributed by atoms with Gasteiger partial charge in [-0.2, -0.15) is 0 Å². The number of sulfonamides is 1. The average Bonchev–Trinajstić information content (AvgIpc) is 2.33. The van der Waals surface area contributed by atoms with Gasteiger partial charge in [0, 0.05) is 6.07 Å². The van der Waals surface area contributed by atoms with E-state index >= 15 is 0 Å². The summed E-state index contributed by atoms with van der Waals surface area (Å²) in [4.78, 5) is 0.0286. The van der Waals surface area contributed by atoms with Crippen LogP contribution in [0.3, 0.4) is 0 Å². The van der Waals surface area contributed by atoms with Crippen LogP contribution in [0.4, 0.5) is 5.69 Å². The Morgan fingerprint density at radius 1 is 1.21 bits per heavy atom. The van der Waals surface area contributed by atoms with E-state index in [9.17, 15) is 8.42 Å². The number of anilines is 1. The SMILES string of the molecule is CC1CCC(Oc2cc(S(N)(=O)=O)ccc2N)CC1. The molecule has 0 bridgehead atoms. The van der Waals surface area contributed by atoms with E-state index in [1.54, 1.807) is 0 Å². The Morgan fingerprint density at radius 2 is 1.84 bits per heavy atom. The van der Waals surface area contributed by atoms with Crippen LogP contribution in [-0.4, -0.2) is 14.5 Å². The van der Waals surface area contributed by atoms with E-state index in [1.807, 2.05) is 0 Å². The average molecular weight is 284 g/mol. The van der Waals surface area contributed by atoms with Gasteiger partial charge in [-0.25, -0.2) is 13.6 Å². The lowest BCUT2D eigenvalue weighted by Crippen LogP contribution is -2.23. The fourth-order valence-corrected chi connectivity index (χ4v) is 2.85. The van der Waals surface area contributed by atoms with Crippen molar-refractivity contribution in [2.45, 2.75) is 43.6 Å². The van der Waals surface area contributed by atoms with E-state index in [-0.39, 0.29) is 11.0 Å². The van der Waals surface area contributed by atoms with Crippen molar-refractivity contribution in [1.29, 1.82) is 0 Å². The Bertz CT molecular complexity index is 549. The molecule has 0 spiro atoms. The first kappa shape index (κ1) is 14.1. The van der Waals surface area contributed by atoms with E-state index in [0.29, 0.717) is 11.4 Å². The summed E-state index contributed by atoms with van der Waals surface area (Å²) in [5.41, 5.74) is 6.25. The summed E-state index contributed by atoms with van der Waals surface area (Å²) in [6.45, 7) is 2.23. The molecule has 0 aromatic heterocycles. The second-order valence-electron chi connectivity index (χ2n) is 5.24. The predicted octanol–water partition coefficient (Wildman–Crippen LogP) is 1.87. The normalized spacial score (nSPS) is 24.1. The van der Waals surface area contributed by atoms with Gasteiger partial charge in [0.25, 0.3) is 0 Å². The van der Waals surface area contributed by atoms with Crippen LogP contribution in [0.2, 0.25) is 0 Å². The van der Waals surface area contributed by atoms with Crippen molar-refractivity contribution in [2.75, 3.05) is 5.73 Å². The summed E-state index contributed by atoms with van der Waals surface area (Å²) in [5, 5.41) is 5.10. The number of hydrogen-bond donors (Lipinski definition) is 2. The molecule has 2 rings (SSSR count). The van der Waals surface area contributed by atoms with Gasteiger partial charge in [0.1, 0.15) is 5.75 Å². The van der Waals surface area contributed by atoms with Crippen molar-refractivity contribution < 1.29 is 13.2 Å². The van der Waals surface area contributed by atoms with Gasteiger partial charge in [-0.15, -0.1) is 0 Å². The number of primary sulfonamides is 1. The number of ether oxygens (including phenoxy) is 1. The van der Waals surface area contributed by atoms with E-state index in [2.05, 4.69) is 6.92 Å².